The topological polar surface area (TPSA) is 40.5 Å². The van der Waals surface area contributed by atoms with Crippen LogP contribution in [0.25, 0.3) is 0 Å². The summed E-state index contributed by atoms with van der Waals surface area (Å²) in [6.07, 6.45) is 0. The van der Waals surface area contributed by atoms with Gasteiger partial charge in [-0.25, -0.2) is 0 Å². The highest BCUT2D eigenvalue weighted by atomic mass is 79.9. The van der Waals surface area contributed by atoms with Gasteiger partial charge in [0.05, 0.1) is 17.1 Å². The molecule has 1 aromatic heterocycles. The number of ketones is 1. The molecule has 1 unspecified atom stereocenters. The molecule has 0 aliphatic carbocycles. The van der Waals surface area contributed by atoms with Crippen molar-refractivity contribution in [1.29, 1.82) is 0 Å². The lowest BCUT2D eigenvalue weighted by Crippen LogP contribution is -2.16. The van der Waals surface area contributed by atoms with Crippen molar-refractivity contribution in [3.8, 4) is 5.75 Å². The van der Waals surface area contributed by atoms with E-state index in [1.807, 2.05) is 44.2 Å². The Labute approximate surface area is 145 Å². The number of methoxy groups -OCH3 is 1. The Morgan fingerprint density at radius 3 is 2.65 bits per heavy atom. The van der Waals surface area contributed by atoms with Crippen molar-refractivity contribution in [2.45, 2.75) is 26.8 Å². The molecule has 0 saturated carbocycles. The number of carbonyl (C=O) groups excluding carboxylic acids is 1. The summed E-state index contributed by atoms with van der Waals surface area (Å²) >= 11 is 3.41. The fourth-order valence-corrected chi connectivity index (χ4v) is 3.24. The smallest absolute Gasteiger partial charge is 0.202 e. The lowest BCUT2D eigenvalue weighted by atomic mass is 10.1. The lowest BCUT2D eigenvalue weighted by Gasteiger charge is -2.17. The van der Waals surface area contributed by atoms with Gasteiger partial charge in [-0.05, 0) is 54.9 Å². The van der Waals surface area contributed by atoms with Crippen molar-refractivity contribution in [2.75, 3.05) is 20.3 Å². The zero-order chi connectivity index (χ0) is 17.0. The van der Waals surface area contributed by atoms with Crippen LogP contribution in [-0.4, -0.2) is 30.7 Å². The maximum atomic E-state index is 12.5. The number of para-hydroxylation sites is 1. The van der Waals surface area contributed by atoms with Gasteiger partial charge in [0, 0.05) is 24.1 Å². The molecule has 0 N–H and O–H groups in total. The Kier molecular flexibility index (Phi) is 6.02. The summed E-state index contributed by atoms with van der Waals surface area (Å²) in [6, 6.07) is 9.62. The number of carbonyl (C=O) groups is 1. The number of Topliss-reactive ketones (excluding diaryl/α,β-unsaturated/α-hetero) is 1. The highest BCUT2D eigenvalue weighted by molar-refractivity contribution is 9.10. The van der Waals surface area contributed by atoms with E-state index in [1.54, 1.807) is 7.11 Å². The molecule has 0 bridgehead atoms. The molecule has 0 saturated heterocycles. The molecule has 4 nitrogen and oxygen atoms in total. The van der Waals surface area contributed by atoms with E-state index >= 15 is 0 Å². The molecule has 2 aromatic rings. The molecular formula is C18H22BrNO3. The highest BCUT2D eigenvalue weighted by Gasteiger charge is 2.19. The fraction of sp³-hybridized carbons (Fsp3) is 0.389. The van der Waals surface area contributed by atoms with Gasteiger partial charge >= 0.3 is 0 Å². The molecule has 0 aliphatic rings. The predicted molar refractivity (Wildman–Crippen MR) is 94.5 cm³/mol. The summed E-state index contributed by atoms with van der Waals surface area (Å²) in [6.45, 7) is 6.67. The zero-order valence-corrected chi connectivity index (χ0v) is 15.5. The number of ether oxygens (including phenoxy) is 2. The average molecular weight is 380 g/mol. The quantitative estimate of drug-likeness (QED) is 0.671. The number of aromatic nitrogens is 1. The zero-order valence-electron chi connectivity index (χ0n) is 13.9. The monoisotopic (exact) mass is 379 g/mol. The minimum Gasteiger partial charge on any atom is -0.484 e. The van der Waals surface area contributed by atoms with E-state index in [1.165, 1.54) is 0 Å². The van der Waals surface area contributed by atoms with Gasteiger partial charge in [-0.2, -0.15) is 0 Å². The Morgan fingerprint density at radius 2 is 2.00 bits per heavy atom. The second-order valence-electron chi connectivity index (χ2n) is 5.60. The van der Waals surface area contributed by atoms with E-state index in [0.29, 0.717) is 17.9 Å². The molecule has 0 aliphatic heterocycles. The molecule has 23 heavy (non-hydrogen) atoms. The largest absolute Gasteiger partial charge is 0.484 e. The van der Waals surface area contributed by atoms with Crippen LogP contribution >= 0.6 is 15.9 Å². The average Bonchev–Trinajstić information content (AvgIpc) is 2.81. The van der Waals surface area contributed by atoms with Gasteiger partial charge in [-0.1, -0.05) is 12.1 Å². The SMILES string of the molecule is COCC(C)n1c(C)cc(C(=O)COc2ccccc2Br)c1C. The molecule has 0 spiro atoms. The summed E-state index contributed by atoms with van der Waals surface area (Å²) in [5.41, 5.74) is 2.71. The van der Waals surface area contributed by atoms with E-state index < -0.39 is 0 Å². The van der Waals surface area contributed by atoms with Crippen molar-refractivity contribution in [3.05, 3.63) is 51.8 Å². The van der Waals surface area contributed by atoms with Crippen LogP contribution in [0.2, 0.25) is 0 Å². The summed E-state index contributed by atoms with van der Waals surface area (Å²) in [5, 5.41) is 0. The van der Waals surface area contributed by atoms with Crippen LogP contribution in [0.5, 0.6) is 5.75 Å². The standard InChI is InChI=1S/C18H22BrNO3/c1-12-9-15(14(3)20(12)13(2)10-22-4)17(21)11-23-18-8-6-5-7-16(18)19/h5-9,13H,10-11H2,1-4H3. The normalized spacial score (nSPS) is 12.2. The van der Waals surface area contributed by atoms with Gasteiger partial charge in [0.1, 0.15) is 5.75 Å². The molecule has 2 rings (SSSR count). The summed E-state index contributed by atoms with van der Waals surface area (Å²) in [7, 11) is 1.68. The Balaban J connectivity index is 2.14. The van der Waals surface area contributed by atoms with Crippen LogP contribution in [0, 0.1) is 13.8 Å². The molecule has 0 fully saturated rings. The van der Waals surface area contributed by atoms with Crippen molar-refractivity contribution >= 4 is 21.7 Å². The number of halogens is 1. The number of hydrogen-bond acceptors (Lipinski definition) is 3. The molecule has 0 radical (unpaired) electrons. The van der Waals surface area contributed by atoms with Crippen molar-refractivity contribution in [3.63, 3.8) is 0 Å². The van der Waals surface area contributed by atoms with Crippen LogP contribution in [0.1, 0.15) is 34.7 Å². The van der Waals surface area contributed by atoms with Crippen molar-refractivity contribution in [2.24, 2.45) is 0 Å². The van der Waals surface area contributed by atoms with Crippen LogP contribution in [-0.2, 0) is 4.74 Å². The third-order valence-electron chi connectivity index (χ3n) is 3.83. The number of nitrogens with zero attached hydrogens (tertiary/aromatic N) is 1. The second-order valence-corrected chi connectivity index (χ2v) is 6.46. The van der Waals surface area contributed by atoms with Crippen molar-refractivity contribution in [1.82, 2.24) is 4.57 Å². The van der Waals surface area contributed by atoms with Gasteiger partial charge in [-0.3, -0.25) is 4.79 Å². The molecule has 0 amide bonds. The van der Waals surface area contributed by atoms with Gasteiger partial charge < -0.3 is 14.0 Å². The second kappa shape index (κ2) is 7.79. The first-order valence-electron chi connectivity index (χ1n) is 7.53. The van der Waals surface area contributed by atoms with E-state index in [2.05, 4.69) is 27.4 Å². The van der Waals surface area contributed by atoms with Crippen molar-refractivity contribution < 1.29 is 14.3 Å². The van der Waals surface area contributed by atoms with Gasteiger partial charge in [0.15, 0.2) is 6.61 Å². The number of benzene rings is 1. The minimum atomic E-state index is -0.0234. The third kappa shape index (κ3) is 4.03. The Hall–Kier alpha value is -1.59. The maximum absolute atomic E-state index is 12.5. The van der Waals surface area contributed by atoms with E-state index in [0.717, 1.165) is 15.9 Å². The molecule has 5 heteroatoms. The first-order chi connectivity index (χ1) is 11.0. The van der Waals surface area contributed by atoms with Gasteiger partial charge in [0.2, 0.25) is 5.78 Å². The first kappa shape index (κ1) is 17.8. The number of aryl methyl sites for hydroxylation is 1. The molecular weight excluding hydrogens is 358 g/mol. The fourth-order valence-electron chi connectivity index (χ4n) is 2.84. The van der Waals surface area contributed by atoms with Crippen LogP contribution in [0.15, 0.2) is 34.8 Å². The van der Waals surface area contributed by atoms with Gasteiger partial charge in [-0.15, -0.1) is 0 Å². The number of hydrogen-bond donors (Lipinski definition) is 0. The van der Waals surface area contributed by atoms with Crippen LogP contribution in [0.3, 0.4) is 0 Å². The lowest BCUT2D eigenvalue weighted by molar-refractivity contribution is 0.0920. The molecule has 1 aromatic carbocycles. The van der Waals surface area contributed by atoms with E-state index in [-0.39, 0.29) is 18.4 Å². The molecule has 1 atom stereocenters. The van der Waals surface area contributed by atoms with Crippen LogP contribution < -0.4 is 4.74 Å². The van der Waals surface area contributed by atoms with E-state index in [4.69, 9.17) is 9.47 Å². The predicted octanol–water partition coefficient (Wildman–Crippen LogP) is 4.34. The molecule has 1 heterocycles. The van der Waals surface area contributed by atoms with Gasteiger partial charge in [0.25, 0.3) is 0 Å². The number of rotatable bonds is 7. The summed E-state index contributed by atoms with van der Waals surface area (Å²) in [5.74, 6) is 0.645. The highest BCUT2D eigenvalue weighted by Crippen LogP contribution is 2.25. The summed E-state index contributed by atoms with van der Waals surface area (Å²) < 4.78 is 13.8. The maximum Gasteiger partial charge on any atom is 0.202 e. The summed E-state index contributed by atoms with van der Waals surface area (Å²) in [4.78, 5) is 12.5. The minimum absolute atomic E-state index is 0.0194. The Bertz CT molecular complexity index is 694. The molecule has 124 valence electrons. The third-order valence-corrected chi connectivity index (χ3v) is 4.48. The van der Waals surface area contributed by atoms with E-state index in [9.17, 15) is 4.79 Å². The first-order valence-corrected chi connectivity index (χ1v) is 8.33. The van der Waals surface area contributed by atoms with Crippen LogP contribution in [0.4, 0.5) is 0 Å². The Morgan fingerprint density at radius 1 is 1.30 bits per heavy atom.